The summed E-state index contributed by atoms with van der Waals surface area (Å²) in [5.74, 6) is 0.832. The van der Waals surface area contributed by atoms with Crippen LogP contribution >= 0.6 is 0 Å². The summed E-state index contributed by atoms with van der Waals surface area (Å²) in [5, 5.41) is 3.49. The molecule has 1 saturated carbocycles. The van der Waals surface area contributed by atoms with Gasteiger partial charge in [-0.25, -0.2) is 8.42 Å². The van der Waals surface area contributed by atoms with Gasteiger partial charge in [0.15, 0.2) is 9.84 Å². The van der Waals surface area contributed by atoms with E-state index in [0.717, 1.165) is 13.0 Å². The van der Waals surface area contributed by atoms with Crippen molar-refractivity contribution in [1.82, 2.24) is 5.32 Å². The van der Waals surface area contributed by atoms with Crippen LogP contribution < -0.4 is 5.32 Å². The van der Waals surface area contributed by atoms with E-state index in [1.54, 1.807) is 20.8 Å². The Morgan fingerprint density at radius 2 is 1.74 bits per heavy atom. The molecule has 0 aromatic heterocycles. The van der Waals surface area contributed by atoms with Crippen molar-refractivity contribution >= 4 is 9.84 Å². The molecule has 1 N–H and O–H groups in total. The first-order valence-corrected chi connectivity index (χ1v) is 9.39. The van der Waals surface area contributed by atoms with Crippen LogP contribution in [-0.2, 0) is 9.84 Å². The van der Waals surface area contributed by atoms with E-state index >= 15 is 0 Å². The molecule has 19 heavy (non-hydrogen) atoms. The zero-order valence-electron chi connectivity index (χ0n) is 13.0. The lowest BCUT2D eigenvalue weighted by Crippen LogP contribution is -2.46. The smallest absolute Gasteiger partial charge is 0.156 e. The van der Waals surface area contributed by atoms with Crippen molar-refractivity contribution in [3.8, 4) is 0 Å². The fourth-order valence-corrected chi connectivity index (χ4v) is 4.08. The lowest BCUT2D eigenvalue weighted by molar-refractivity contribution is 0.282. The number of hydrogen-bond donors (Lipinski definition) is 1. The standard InChI is InChI=1S/C15H31NO2S/c1-5-11-16-14(13-9-7-6-8-10-13)12-19(17,18)15(2,3)4/h13-14,16H,5-12H2,1-4H3. The molecule has 1 rings (SSSR count). The average Bonchev–Trinajstić information content (AvgIpc) is 2.34. The molecule has 0 saturated heterocycles. The normalized spacial score (nSPS) is 20.4. The van der Waals surface area contributed by atoms with Crippen LogP contribution in [0.25, 0.3) is 0 Å². The maximum Gasteiger partial charge on any atom is 0.156 e. The molecular formula is C15H31NO2S. The van der Waals surface area contributed by atoms with Crippen LogP contribution in [0.15, 0.2) is 0 Å². The quantitative estimate of drug-likeness (QED) is 0.817. The van der Waals surface area contributed by atoms with Gasteiger partial charge in [0.05, 0.1) is 10.5 Å². The zero-order chi connectivity index (χ0) is 14.5. The van der Waals surface area contributed by atoms with Gasteiger partial charge in [-0.05, 0) is 52.5 Å². The highest BCUT2D eigenvalue weighted by Gasteiger charge is 2.34. The highest BCUT2D eigenvalue weighted by Crippen LogP contribution is 2.29. The van der Waals surface area contributed by atoms with Crippen LogP contribution in [-0.4, -0.2) is 31.5 Å². The molecule has 114 valence electrons. The second-order valence-electron chi connectivity index (χ2n) is 6.85. The summed E-state index contributed by atoms with van der Waals surface area (Å²) >= 11 is 0. The first-order chi connectivity index (χ1) is 8.78. The summed E-state index contributed by atoms with van der Waals surface area (Å²) in [6.07, 6.45) is 7.24. The highest BCUT2D eigenvalue weighted by molar-refractivity contribution is 7.92. The minimum atomic E-state index is -3.04. The average molecular weight is 289 g/mol. The Kier molecular flexibility index (Phi) is 6.31. The van der Waals surface area contributed by atoms with Gasteiger partial charge in [-0.3, -0.25) is 0 Å². The molecule has 0 aliphatic heterocycles. The Morgan fingerprint density at radius 1 is 1.16 bits per heavy atom. The van der Waals surface area contributed by atoms with Gasteiger partial charge in [-0.15, -0.1) is 0 Å². The fourth-order valence-electron chi connectivity index (χ4n) is 2.71. The van der Waals surface area contributed by atoms with Gasteiger partial charge in [-0.2, -0.15) is 0 Å². The molecule has 1 unspecified atom stereocenters. The van der Waals surface area contributed by atoms with E-state index in [1.807, 2.05) is 0 Å². The predicted octanol–water partition coefficient (Wildman–Crippen LogP) is 3.15. The van der Waals surface area contributed by atoms with Crippen LogP contribution in [0.2, 0.25) is 0 Å². The van der Waals surface area contributed by atoms with Crippen molar-refractivity contribution in [3.05, 3.63) is 0 Å². The summed E-state index contributed by atoms with van der Waals surface area (Å²) in [4.78, 5) is 0. The SMILES string of the molecule is CCCNC(CS(=O)(=O)C(C)(C)C)C1CCCCC1. The molecular weight excluding hydrogens is 258 g/mol. The van der Waals surface area contributed by atoms with Crippen molar-refractivity contribution in [2.24, 2.45) is 5.92 Å². The number of sulfone groups is 1. The monoisotopic (exact) mass is 289 g/mol. The minimum absolute atomic E-state index is 0.143. The van der Waals surface area contributed by atoms with E-state index < -0.39 is 14.6 Å². The van der Waals surface area contributed by atoms with Crippen molar-refractivity contribution in [1.29, 1.82) is 0 Å². The van der Waals surface area contributed by atoms with E-state index in [0.29, 0.717) is 11.7 Å². The molecule has 1 aliphatic rings. The van der Waals surface area contributed by atoms with Crippen LogP contribution in [0.5, 0.6) is 0 Å². The third-order valence-electron chi connectivity index (χ3n) is 4.21. The van der Waals surface area contributed by atoms with Crippen LogP contribution in [0.4, 0.5) is 0 Å². The van der Waals surface area contributed by atoms with Crippen molar-refractivity contribution < 1.29 is 8.42 Å². The maximum absolute atomic E-state index is 12.4. The Hall–Kier alpha value is -0.0900. The molecule has 0 radical (unpaired) electrons. The van der Waals surface area contributed by atoms with Crippen LogP contribution in [0.3, 0.4) is 0 Å². The van der Waals surface area contributed by atoms with E-state index in [4.69, 9.17) is 0 Å². The largest absolute Gasteiger partial charge is 0.313 e. The number of hydrogen-bond acceptors (Lipinski definition) is 3. The van der Waals surface area contributed by atoms with Gasteiger partial charge in [0.25, 0.3) is 0 Å². The summed E-state index contributed by atoms with van der Waals surface area (Å²) in [5.41, 5.74) is 0. The zero-order valence-corrected chi connectivity index (χ0v) is 13.9. The molecule has 3 nitrogen and oxygen atoms in total. The Labute approximate surface area is 119 Å². The molecule has 0 aromatic rings. The minimum Gasteiger partial charge on any atom is -0.313 e. The lowest BCUT2D eigenvalue weighted by atomic mass is 9.84. The highest BCUT2D eigenvalue weighted by atomic mass is 32.2. The van der Waals surface area contributed by atoms with Crippen molar-refractivity contribution in [3.63, 3.8) is 0 Å². The molecule has 0 heterocycles. The third kappa shape index (κ3) is 5.07. The molecule has 0 aromatic carbocycles. The summed E-state index contributed by atoms with van der Waals surface area (Å²) in [6, 6.07) is 0.143. The van der Waals surface area contributed by atoms with Gasteiger partial charge in [0, 0.05) is 6.04 Å². The Bertz CT molecular complexity index is 351. The van der Waals surface area contributed by atoms with Gasteiger partial charge >= 0.3 is 0 Å². The number of nitrogens with one attached hydrogen (secondary N) is 1. The third-order valence-corrected chi connectivity index (χ3v) is 6.87. The van der Waals surface area contributed by atoms with Gasteiger partial charge in [-0.1, -0.05) is 26.2 Å². The second kappa shape index (κ2) is 7.07. The molecule has 4 heteroatoms. The molecule has 0 amide bonds. The summed E-state index contributed by atoms with van der Waals surface area (Å²) in [7, 11) is -3.04. The van der Waals surface area contributed by atoms with Crippen molar-refractivity contribution in [2.45, 2.75) is 77.0 Å². The van der Waals surface area contributed by atoms with Gasteiger partial charge in [0.2, 0.25) is 0 Å². The lowest BCUT2D eigenvalue weighted by Gasteiger charge is -2.33. The maximum atomic E-state index is 12.4. The fraction of sp³-hybridized carbons (Fsp3) is 1.00. The van der Waals surface area contributed by atoms with Crippen molar-refractivity contribution in [2.75, 3.05) is 12.3 Å². The van der Waals surface area contributed by atoms with E-state index in [2.05, 4.69) is 12.2 Å². The van der Waals surface area contributed by atoms with E-state index in [-0.39, 0.29) is 6.04 Å². The molecule has 1 aliphatic carbocycles. The predicted molar refractivity (Wildman–Crippen MR) is 82.2 cm³/mol. The van der Waals surface area contributed by atoms with Gasteiger partial charge < -0.3 is 5.32 Å². The van der Waals surface area contributed by atoms with E-state index in [1.165, 1.54) is 32.1 Å². The Morgan fingerprint density at radius 3 is 2.21 bits per heavy atom. The topological polar surface area (TPSA) is 46.2 Å². The van der Waals surface area contributed by atoms with E-state index in [9.17, 15) is 8.42 Å². The first kappa shape index (κ1) is 17.0. The van der Waals surface area contributed by atoms with Crippen LogP contribution in [0.1, 0.15) is 66.2 Å². The Balaban J connectivity index is 2.73. The van der Waals surface area contributed by atoms with Gasteiger partial charge in [0.1, 0.15) is 0 Å². The second-order valence-corrected chi connectivity index (χ2v) is 9.64. The van der Waals surface area contributed by atoms with Crippen LogP contribution in [0, 0.1) is 5.92 Å². The molecule has 0 spiro atoms. The molecule has 1 fully saturated rings. The first-order valence-electron chi connectivity index (χ1n) is 7.73. The summed E-state index contributed by atoms with van der Waals surface area (Å²) < 4.78 is 24.2. The number of rotatable bonds is 6. The summed E-state index contributed by atoms with van der Waals surface area (Å²) in [6.45, 7) is 8.46. The molecule has 0 bridgehead atoms. The molecule has 1 atom stereocenters.